The molecule has 319 valence electrons. The van der Waals surface area contributed by atoms with Gasteiger partial charge < -0.3 is 4.57 Å². The number of rotatable bonds is 8. The topological polar surface area (TPSA) is 30.7 Å². The maximum absolute atomic E-state index is 5.31. The Hall–Kier alpha value is -4.91. The number of aromatic nitrogens is 3. The van der Waals surface area contributed by atoms with Crippen molar-refractivity contribution >= 4 is 81.7 Å². The fourth-order valence-corrected chi connectivity index (χ4v) is 13.6. The molecule has 6 heteroatoms. The summed E-state index contributed by atoms with van der Waals surface area (Å²) in [6.45, 7) is 13.7. The van der Waals surface area contributed by atoms with Crippen molar-refractivity contribution in [3.05, 3.63) is 168 Å². The van der Waals surface area contributed by atoms with E-state index in [0.717, 1.165) is 40.1 Å². The first-order valence-electron chi connectivity index (χ1n) is 22.1. The smallest absolute Gasteiger partial charge is 0.0774 e. The number of imidazole rings is 1. The van der Waals surface area contributed by atoms with Crippen LogP contribution in [-0.2, 0) is 26.5 Å². The van der Waals surface area contributed by atoms with Gasteiger partial charge >= 0.3 is 126 Å². The van der Waals surface area contributed by atoms with Crippen molar-refractivity contribution in [3.8, 4) is 28.3 Å². The van der Waals surface area contributed by atoms with Crippen LogP contribution in [0.2, 0.25) is 17.3 Å². The first-order valence-corrected chi connectivity index (χ1v) is 30.3. The molecule has 0 saturated heterocycles. The molecule has 3 heterocycles. The van der Waals surface area contributed by atoms with Crippen LogP contribution in [0.3, 0.4) is 0 Å². The molecule has 3 nitrogen and oxygen atoms in total. The van der Waals surface area contributed by atoms with Crippen LogP contribution in [0.1, 0.15) is 70.1 Å². The van der Waals surface area contributed by atoms with Crippen molar-refractivity contribution in [2.75, 3.05) is 0 Å². The minimum absolute atomic E-state index is 0. The number of para-hydroxylation sites is 3. The number of pyridine rings is 1. The number of benzene rings is 7. The van der Waals surface area contributed by atoms with Gasteiger partial charge in [0.05, 0.1) is 16.9 Å². The molecule has 0 N–H and O–H groups in total. The van der Waals surface area contributed by atoms with E-state index in [2.05, 4.69) is 197 Å². The Kier molecular flexibility index (Phi) is 13.0. The molecule has 0 atom stereocenters. The van der Waals surface area contributed by atoms with Crippen molar-refractivity contribution in [1.29, 1.82) is 0 Å². The number of thiophene rings is 1. The molecule has 7 aromatic carbocycles. The van der Waals surface area contributed by atoms with E-state index in [1.165, 1.54) is 64.1 Å². The Bertz CT molecular complexity index is 3220. The van der Waals surface area contributed by atoms with Crippen LogP contribution in [0.5, 0.6) is 0 Å². The molecule has 0 aliphatic rings. The van der Waals surface area contributed by atoms with E-state index in [-0.39, 0.29) is 20.1 Å². The van der Waals surface area contributed by atoms with Crippen LogP contribution in [0, 0.1) is 18.1 Å². The summed E-state index contributed by atoms with van der Waals surface area (Å²) in [7, 11) is 0. The minimum atomic E-state index is -1.86. The van der Waals surface area contributed by atoms with Crippen molar-refractivity contribution in [3.63, 3.8) is 0 Å². The average Bonchev–Trinajstić information content (AvgIpc) is 3.83. The zero-order chi connectivity index (χ0) is 43.3. The van der Waals surface area contributed by atoms with Crippen LogP contribution in [-0.4, -0.2) is 27.8 Å². The van der Waals surface area contributed by atoms with Crippen molar-refractivity contribution in [2.24, 2.45) is 5.92 Å². The first kappa shape index (κ1) is 44.7. The molecular weight excluding hydrogens is 1020 g/mol. The average molecular weight is 1080 g/mol. The maximum Gasteiger partial charge on any atom is 0.0774 e. The fourth-order valence-electron chi connectivity index (χ4n) is 9.08. The Balaban J connectivity index is 0.000000219. The molecule has 0 spiro atoms. The number of nitrogens with zero attached hydrogens (tertiary/aromatic N) is 3. The van der Waals surface area contributed by atoms with E-state index in [4.69, 9.17) is 9.97 Å². The molecule has 63 heavy (non-hydrogen) atoms. The van der Waals surface area contributed by atoms with Crippen LogP contribution in [0.25, 0.3) is 81.1 Å². The Labute approximate surface area is 393 Å². The van der Waals surface area contributed by atoms with Gasteiger partial charge in [0, 0.05) is 30.5 Å². The number of hydrogen-bond donors (Lipinski definition) is 0. The summed E-state index contributed by atoms with van der Waals surface area (Å²) in [5.74, 6) is 9.70. The molecule has 0 fully saturated rings. The summed E-state index contributed by atoms with van der Waals surface area (Å²) in [4.78, 5) is 10.0. The molecule has 10 rings (SSSR count). The third-order valence-electron chi connectivity index (χ3n) is 12.1. The minimum Gasteiger partial charge on any atom is -0.333 e. The van der Waals surface area contributed by atoms with Gasteiger partial charge in [-0.2, -0.15) is 11.3 Å². The van der Waals surface area contributed by atoms with Crippen molar-refractivity contribution in [1.82, 2.24) is 14.5 Å². The summed E-state index contributed by atoms with van der Waals surface area (Å²) in [5, 5.41) is 7.71. The Morgan fingerprint density at radius 3 is 2.08 bits per heavy atom. The van der Waals surface area contributed by atoms with Gasteiger partial charge in [-0.1, -0.05) is 105 Å². The quantitative estimate of drug-likeness (QED) is 0.0862. The molecule has 3 aromatic heterocycles. The first-order chi connectivity index (χ1) is 29.9. The molecule has 0 amide bonds. The van der Waals surface area contributed by atoms with Gasteiger partial charge in [-0.05, 0) is 78.9 Å². The van der Waals surface area contributed by atoms with Gasteiger partial charge in [-0.15, -0.1) is 18.2 Å². The summed E-state index contributed by atoms with van der Waals surface area (Å²) < 4.78 is 6.48. The van der Waals surface area contributed by atoms with E-state index < -0.39 is 13.3 Å². The van der Waals surface area contributed by atoms with Gasteiger partial charge in [-0.3, -0.25) is 4.98 Å². The van der Waals surface area contributed by atoms with Crippen LogP contribution >= 0.6 is 11.3 Å². The van der Waals surface area contributed by atoms with Gasteiger partial charge in [-0.25, -0.2) is 0 Å². The van der Waals surface area contributed by atoms with E-state index in [1.807, 2.05) is 29.5 Å². The zero-order valence-corrected chi connectivity index (χ0v) is 43.1. The molecule has 0 aliphatic carbocycles. The monoisotopic (exact) mass is 1080 g/mol. The fraction of sp³-hybridized carbons (Fsp3) is 0.228. The van der Waals surface area contributed by atoms with Gasteiger partial charge in [0.1, 0.15) is 0 Å². The SMILES string of the molecule is CC(C)Cc1cc(-c2[c-]cccc2)nc[c]1[Ge]([CH3])([CH3])[CH3].CC(C)c1cccc(C(C)C)c1-n1c(-c2[c-]ccc3c2sc2cc4ccc5ccccc5c4cc23)nc2ccccc21.[Ir]. The summed E-state index contributed by atoms with van der Waals surface area (Å²) in [6, 6.07) is 54.8. The second-order valence-electron chi connectivity index (χ2n) is 18.8. The van der Waals surface area contributed by atoms with Crippen molar-refractivity contribution < 1.29 is 20.1 Å². The Morgan fingerprint density at radius 1 is 0.651 bits per heavy atom. The Morgan fingerprint density at radius 2 is 1.37 bits per heavy atom. The van der Waals surface area contributed by atoms with E-state index in [9.17, 15) is 0 Å². The largest absolute Gasteiger partial charge is 0.333 e. The van der Waals surface area contributed by atoms with Gasteiger partial charge in [0.2, 0.25) is 0 Å². The summed E-state index contributed by atoms with van der Waals surface area (Å²) in [5.41, 5.74) is 10.8. The molecule has 10 aromatic rings. The third kappa shape index (κ3) is 8.70. The van der Waals surface area contributed by atoms with E-state index in [1.54, 1.807) is 4.40 Å². The molecule has 1 radical (unpaired) electrons. The standard InChI is InChI=1S/C39H31N2S.C18H24GeN.Ir/c1-23(2)27-13-9-14-28(24(3)4)37(27)41-35-18-8-7-17-34(35)40-39(41)31-16-10-15-30-33-22-32-26(21-36(33)42-38(30)31)20-19-25-11-5-6-12-29(25)32;1-14(2)11-16-12-18(15-9-7-6-8-10-15)20-13-17(16)19(3,4)5;/h5-15,17-24H,1-4H3;6-9,12-14H,11H2,1-5H3;/q2*-1;. The van der Waals surface area contributed by atoms with Crippen LogP contribution < -0.4 is 4.40 Å². The predicted molar refractivity (Wildman–Crippen MR) is 271 cm³/mol. The second kappa shape index (κ2) is 18.3. The maximum atomic E-state index is 5.31. The molecule has 0 saturated carbocycles. The molecule has 0 unspecified atom stereocenters. The molecular formula is C57H55GeIrN3S-2. The second-order valence-corrected chi connectivity index (χ2v) is 30.4. The van der Waals surface area contributed by atoms with Crippen molar-refractivity contribution in [2.45, 2.75) is 77.1 Å². The van der Waals surface area contributed by atoms with E-state index >= 15 is 0 Å². The number of fused-ring (bicyclic) bond motifs is 7. The van der Waals surface area contributed by atoms with Gasteiger partial charge in [0.15, 0.2) is 0 Å². The third-order valence-corrected chi connectivity index (χ3v) is 17.6. The molecule has 0 aliphatic heterocycles. The van der Waals surface area contributed by atoms with Gasteiger partial charge in [0.25, 0.3) is 0 Å². The predicted octanol–water partition coefficient (Wildman–Crippen LogP) is 15.7. The van der Waals surface area contributed by atoms with E-state index in [0.29, 0.717) is 17.8 Å². The van der Waals surface area contributed by atoms with Crippen LogP contribution in [0.4, 0.5) is 0 Å². The normalized spacial score (nSPS) is 11.9. The molecule has 0 bridgehead atoms. The number of hydrogen-bond acceptors (Lipinski definition) is 3. The zero-order valence-electron chi connectivity index (χ0n) is 37.8. The summed E-state index contributed by atoms with van der Waals surface area (Å²) >= 11 is -0.00445. The van der Waals surface area contributed by atoms with Crippen LogP contribution in [0.15, 0.2) is 140 Å². The summed E-state index contributed by atoms with van der Waals surface area (Å²) in [6.07, 6.45) is 3.27.